The number of ether oxygens (including phenoxy) is 2. The molecule has 0 fully saturated rings. The summed E-state index contributed by atoms with van der Waals surface area (Å²) in [4.78, 5) is 31.7. The number of hydrogen-bond donors (Lipinski definition) is 0. The largest absolute Gasteiger partial charge is 0.497 e. The second-order valence-electron chi connectivity index (χ2n) is 7.29. The number of nitrogens with zero attached hydrogens (tertiary/aromatic N) is 2. The Hall–Kier alpha value is -3.98. The Balaban J connectivity index is 1.61. The average Bonchev–Trinajstić information content (AvgIpc) is 3.18. The number of carbonyl (C=O) groups is 2. The molecule has 0 aromatic heterocycles. The molecule has 0 aliphatic carbocycles. The standard InChI is InChI=1S/C26H20F2N2O4S/c1-33-20-11-7-17(8-12-20)15-22-24(32)30(19-9-13-21(14-10-19)34-25(27)28)26(29-22)35-16-23(31)18-5-3-2-4-6-18/h2-15,25H,16H2,1H3. The van der Waals surface area contributed by atoms with E-state index in [-0.39, 0.29) is 23.0 Å². The molecule has 1 aliphatic rings. The Bertz CT molecular complexity index is 1260. The number of methoxy groups -OCH3 is 1. The van der Waals surface area contributed by atoms with E-state index in [0.29, 0.717) is 22.2 Å². The normalized spacial score (nSPS) is 14.4. The molecule has 0 saturated heterocycles. The fraction of sp³-hybridized carbons (Fsp3) is 0.115. The number of carbonyl (C=O) groups excluding carboxylic acids is 2. The predicted octanol–water partition coefficient (Wildman–Crippen LogP) is 5.66. The van der Waals surface area contributed by atoms with Crippen molar-refractivity contribution >= 4 is 40.4 Å². The molecule has 3 aromatic carbocycles. The molecule has 3 aromatic rings. The van der Waals surface area contributed by atoms with Crippen LogP contribution in [0.3, 0.4) is 0 Å². The van der Waals surface area contributed by atoms with Crippen molar-refractivity contribution in [3.05, 3.63) is 95.7 Å². The summed E-state index contributed by atoms with van der Waals surface area (Å²) in [5.74, 6) is 0.193. The molecule has 0 unspecified atom stereocenters. The fourth-order valence-electron chi connectivity index (χ4n) is 3.29. The Morgan fingerprint density at radius 1 is 1.00 bits per heavy atom. The molecule has 6 nitrogen and oxygen atoms in total. The number of amidine groups is 1. The lowest BCUT2D eigenvalue weighted by Crippen LogP contribution is -2.30. The lowest BCUT2D eigenvalue weighted by atomic mass is 10.2. The molecule has 1 aliphatic heterocycles. The van der Waals surface area contributed by atoms with Gasteiger partial charge in [0.2, 0.25) is 0 Å². The highest BCUT2D eigenvalue weighted by molar-refractivity contribution is 8.14. The first-order valence-electron chi connectivity index (χ1n) is 10.5. The van der Waals surface area contributed by atoms with E-state index >= 15 is 0 Å². The van der Waals surface area contributed by atoms with Gasteiger partial charge in [-0.15, -0.1) is 0 Å². The van der Waals surface area contributed by atoms with E-state index in [1.807, 2.05) is 6.07 Å². The lowest BCUT2D eigenvalue weighted by molar-refractivity contribution is -0.113. The third kappa shape index (κ3) is 5.93. The topological polar surface area (TPSA) is 68.2 Å². The van der Waals surface area contributed by atoms with Crippen LogP contribution in [0.1, 0.15) is 15.9 Å². The van der Waals surface area contributed by atoms with Crippen LogP contribution < -0.4 is 14.4 Å². The van der Waals surface area contributed by atoms with Crippen molar-refractivity contribution in [2.75, 3.05) is 17.8 Å². The molecule has 1 heterocycles. The number of hydrogen-bond acceptors (Lipinski definition) is 6. The molecular weight excluding hydrogens is 474 g/mol. The first-order valence-corrected chi connectivity index (χ1v) is 11.5. The van der Waals surface area contributed by atoms with E-state index in [9.17, 15) is 18.4 Å². The number of Topliss-reactive ketones (excluding diaryl/α,β-unsaturated/α-hetero) is 1. The van der Waals surface area contributed by atoms with Gasteiger partial charge in [-0.25, -0.2) is 4.99 Å². The van der Waals surface area contributed by atoms with Gasteiger partial charge in [0.15, 0.2) is 11.0 Å². The van der Waals surface area contributed by atoms with E-state index in [4.69, 9.17) is 4.74 Å². The van der Waals surface area contributed by atoms with Gasteiger partial charge in [0.1, 0.15) is 17.2 Å². The maximum atomic E-state index is 13.3. The minimum absolute atomic E-state index is 0.0326. The molecular formula is C26H20F2N2O4S. The number of halogens is 2. The maximum Gasteiger partial charge on any atom is 0.387 e. The zero-order valence-electron chi connectivity index (χ0n) is 18.6. The van der Waals surface area contributed by atoms with Crippen LogP contribution in [0.5, 0.6) is 11.5 Å². The van der Waals surface area contributed by atoms with Crippen LogP contribution in [-0.2, 0) is 4.79 Å². The predicted molar refractivity (Wildman–Crippen MR) is 132 cm³/mol. The highest BCUT2D eigenvalue weighted by atomic mass is 32.2. The highest BCUT2D eigenvalue weighted by Crippen LogP contribution is 2.31. The van der Waals surface area contributed by atoms with Crippen LogP contribution in [0.25, 0.3) is 6.08 Å². The van der Waals surface area contributed by atoms with Crippen molar-refractivity contribution in [1.82, 2.24) is 0 Å². The molecule has 178 valence electrons. The summed E-state index contributed by atoms with van der Waals surface area (Å²) < 4.78 is 34.6. The third-order valence-electron chi connectivity index (χ3n) is 5.00. The van der Waals surface area contributed by atoms with Crippen LogP contribution in [0, 0.1) is 0 Å². The fourth-order valence-corrected chi connectivity index (χ4v) is 4.20. The number of ketones is 1. The minimum Gasteiger partial charge on any atom is -0.497 e. The summed E-state index contributed by atoms with van der Waals surface area (Å²) in [6.07, 6.45) is 1.63. The number of amides is 1. The van der Waals surface area contributed by atoms with Crippen molar-refractivity contribution in [2.24, 2.45) is 4.99 Å². The minimum atomic E-state index is -2.95. The van der Waals surface area contributed by atoms with Crippen LogP contribution >= 0.6 is 11.8 Å². The summed E-state index contributed by atoms with van der Waals surface area (Å²) in [5, 5.41) is 0.307. The Morgan fingerprint density at radius 2 is 1.66 bits per heavy atom. The van der Waals surface area contributed by atoms with E-state index < -0.39 is 12.5 Å². The summed E-state index contributed by atoms with van der Waals surface area (Å²) in [6, 6.07) is 21.6. The summed E-state index contributed by atoms with van der Waals surface area (Å²) in [7, 11) is 1.56. The molecule has 0 spiro atoms. The quantitative estimate of drug-likeness (QED) is 0.299. The van der Waals surface area contributed by atoms with Gasteiger partial charge in [0.05, 0.1) is 18.6 Å². The van der Waals surface area contributed by atoms with Gasteiger partial charge < -0.3 is 9.47 Å². The molecule has 0 saturated carbocycles. The van der Waals surface area contributed by atoms with Crippen molar-refractivity contribution < 1.29 is 27.8 Å². The van der Waals surface area contributed by atoms with Gasteiger partial charge in [-0.3, -0.25) is 14.5 Å². The molecule has 35 heavy (non-hydrogen) atoms. The number of anilines is 1. The lowest BCUT2D eigenvalue weighted by Gasteiger charge is -2.18. The van der Waals surface area contributed by atoms with Gasteiger partial charge in [-0.1, -0.05) is 54.2 Å². The van der Waals surface area contributed by atoms with Crippen LogP contribution in [0.2, 0.25) is 0 Å². The van der Waals surface area contributed by atoms with E-state index in [1.54, 1.807) is 61.7 Å². The zero-order chi connectivity index (χ0) is 24.8. The molecule has 9 heteroatoms. The second-order valence-corrected chi connectivity index (χ2v) is 8.23. The molecule has 1 amide bonds. The number of alkyl halides is 2. The van der Waals surface area contributed by atoms with Gasteiger partial charge in [0.25, 0.3) is 5.91 Å². The van der Waals surface area contributed by atoms with E-state index in [1.165, 1.54) is 29.2 Å². The molecule has 0 N–H and O–H groups in total. The van der Waals surface area contributed by atoms with Gasteiger partial charge in [0, 0.05) is 5.56 Å². The zero-order valence-corrected chi connectivity index (χ0v) is 19.4. The number of rotatable bonds is 8. The summed E-state index contributed by atoms with van der Waals surface area (Å²) >= 11 is 1.12. The van der Waals surface area contributed by atoms with E-state index in [0.717, 1.165) is 17.3 Å². The second kappa shape index (κ2) is 11.0. The molecule has 4 rings (SSSR count). The number of benzene rings is 3. The van der Waals surface area contributed by atoms with Crippen molar-refractivity contribution in [3.8, 4) is 11.5 Å². The Kier molecular flexibility index (Phi) is 7.57. The monoisotopic (exact) mass is 494 g/mol. The summed E-state index contributed by atoms with van der Waals surface area (Å²) in [6.45, 7) is -2.95. The van der Waals surface area contributed by atoms with Crippen molar-refractivity contribution in [3.63, 3.8) is 0 Å². The summed E-state index contributed by atoms with van der Waals surface area (Å²) in [5.41, 5.74) is 1.88. The van der Waals surface area contributed by atoms with Gasteiger partial charge in [-0.05, 0) is 48.0 Å². The average molecular weight is 495 g/mol. The Morgan fingerprint density at radius 3 is 2.29 bits per heavy atom. The molecule has 0 bridgehead atoms. The van der Waals surface area contributed by atoms with Crippen molar-refractivity contribution in [2.45, 2.75) is 6.61 Å². The van der Waals surface area contributed by atoms with Gasteiger partial charge in [-0.2, -0.15) is 8.78 Å². The smallest absolute Gasteiger partial charge is 0.387 e. The van der Waals surface area contributed by atoms with Gasteiger partial charge >= 0.3 is 6.61 Å². The molecule has 0 atom stereocenters. The maximum absolute atomic E-state index is 13.3. The Labute approximate surface area is 204 Å². The molecule has 0 radical (unpaired) electrons. The third-order valence-corrected chi connectivity index (χ3v) is 5.94. The first kappa shape index (κ1) is 24.2. The number of aliphatic imine (C=N–C) groups is 1. The van der Waals surface area contributed by atoms with E-state index in [2.05, 4.69) is 9.73 Å². The van der Waals surface area contributed by atoms with Crippen LogP contribution in [-0.4, -0.2) is 36.3 Å². The van der Waals surface area contributed by atoms with Crippen molar-refractivity contribution in [1.29, 1.82) is 0 Å². The highest BCUT2D eigenvalue weighted by Gasteiger charge is 2.32. The van der Waals surface area contributed by atoms with Crippen LogP contribution in [0.15, 0.2) is 89.6 Å². The number of thioether (sulfide) groups is 1. The first-order chi connectivity index (χ1) is 16.9. The van der Waals surface area contributed by atoms with Crippen LogP contribution in [0.4, 0.5) is 14.5 Å². The SMILES string of the molecule is COc1ccc(C=C2N=C(SCC(=O)c3ccccc3)N(c3ccc(OC(F)F)cc3)C2=O)cc1.